The van der Waals surface area contributed by atoms with Gasteiger partial charge in [-0.1, -0.05) is 54.6 Å². The summed E-state index contributed by atoms with van der Waals surface area (Å²) < 4.78 is 42.6. The van der Waals surface area contributed by atoms with Crippen molar-refractivity contribution < 1.29 is 32.8 Å². The van der Waals surface area contributed by atoms with Crippen molar-refractivity contribution in [2.45, 2.75) is 82.7 Å². The molecule has 3 heterocycles. The van der Waals surface area contributed by atoms with Crippen LogP contribution in [0.5, 0.6) is 11.5 Å². The second-order valence-electron chi connectivity index (χ2n) is 15.1. The summed E-state index contributed by atoms with van der Waals surface area (Å²) in [5, 5.41) is 12.2. The van der Waals surface area contributed by atoms with Crippen LogP contribution in [0.2, 0.25) is 0 Å². The summed E-state index contributed by atoms with van der Waals surface area (Å²) in [6.45, 7) is 9.68. The molecule has 3 aromatic carbocycles. The molecule has 314 valence electrons. The molecule has 15 nitrogen and oxygen atoms in total. The molecule has 2 fully saturated rings. The third kappa shape index (κ3) is 8.52. The number of amides is 2. The number of carbonyl (C=O) groups excluding carboxylic acids is 1. The van der Waals surface area contributed by atoms with Crippen LogP contribution in [0.1, 0.15) is 62.6 Å². The number of hydrogen-bond donors (Lipinski definition) is 2. The number of methoxy groups -OCH3 is 2. The highest BCUT2D eigenvalue weighted by Crippen LogP contribution is 2.57. The molecule has 2 saturated heterocycles. The molecule has 2 amide bonds. The molecule has 0 saturated carbocycles. The van der Waals surface area contributed by atoms with E-state index in [4.69, 9.17) is 28.0 Å². The van der Waals surface area contributed by atoms with Crippen molar-refractivity contribution in [2.24, 2.45) is 0 Å². The number of fused-ring (bicyclic) bond motifs is 2. The summed E-state index contributed by atoms with van der Waals surface area (Å²) in [6.07, 6.45) is -0.497. The monoisotopic (exact) mass is 828 g/mol. The number of urea groups is 1. The fourth-order valence-corrected chi connectivity index (χ4v) is 9.86. The molecule has 16 heteroatoms. The van der Waals surface area contributed by atoms with E-state index in [1.165, 1.54) is 17.8 Å². The van der Waals surface area contributed by atoms with Crippen LogP contribution in [0.15, 0.2) is 94.6 Å². The van der Waals surface area contributed by atoms with Gasteiger partial charge in [0.15, 0.2) is 6.23 Å². The van der Waals surface area contributed by atoms with E-state index in [0.29, 0.717) is 11.5 Å². The van der Waals surface area contributed by atoms with Crippen molar-refractivity contribution >= 4 is 14.6 Å². The molecule has 2 aliphatic heterocycles. The van der Waals surface area contributed by atoms with E-state index >= 15 is 0 Å². The van der Waals surface area contributed by atoms with Crippen LogP contribution in [0.25, 0.3) is 0 Å². The Balaban J connectivity index is 1.57. The topological polar surface area (TPSA) is 170 Å². The zero-order chi connectivity index (χ0) is 42.5. The first kappa shape index (κ1) is 43.5. The normalized spacial score (nSPS) is 20.6. The Labute approximate surface area is 345 Å². The van der Waals surface area contributed by atoms with Crippen molar-refractivity contribution in [1.82, 2.24) is 24.4 Å². The fraction of sp³-hybridized carbons (Fsp3) is 0.442. The van der Waals surface area contributed by atoms with Gasteiger partial charge < -0.3 is 38.2 Å². The number of carbonyl (C=O) groups is 1. The Hall–Kier alpha value is -5.07. The minimum absolute atomic E-state index is 0.0103. The maximum absolute atomic E-state index is 13.9. The number of morpholine rings is 1. The van der Waals surface area contributed by atoms with Crippen LogP contribution in [0.4, 0.5) is 4.79 Å². The zero-order valence-electron chi connectivity index (χ0n) is 34.7. The Bertz CT molecular complexity index is 2150. The third-order valence-corrected chi connectivity index (χ3v) is 12.9. The Morgan fingerprint density at radius 1 is 0.983 bits per heavy atom. The highest BCUT2D eigenvalue weighted by Gasteiger charge is 2.68. The van der Waals surface area contributed by atoms with Gasteiger partial charge in [0.1, 0.15) is 34.8 Å². The highest BCUT2D eigenvalue weighted by atomic mass is 31.2. The summed E-state index contributed by atoms with van der Waals surface area (Å²) in [5.41, 5.74) is -1.32. The predicted octanol–water partition coefficient (Wildman–Crippen LogP) is 5.82. The number of likely N-dealkylation sites (tertiary alicyclic amines) is 1. The summed E-state index contributed by atoms with van der Waals surface area (Å²) in [7, 11) is 2.86. The molecule has 6 rings (SSSR count). The van der Waals surface area contributed by atoms with E-state index in [1.807, 2.05) is 107 Å². The second kappa shape index (κ2) is 18.5. The minimum atomic E-state index is -1.89. The molecule has 5 unspecified atom stereocenters. The predicted molar refractivity (Wildman–Crippen MR) is 222 cm³/mol. The number of nitrogens with zero attached hydrogens (tertiary/aromatic N) is 4. The van der Waals surface area contributed by atoms with E-state index in [-0.39, 0.29) is 43.8 Å². The first-order valence-electron chi connectivity index (χ1n) is 19.6. The molecule has 2 bridgehead atoms. The smallest absolute Gasteiger partial charge is 0.330 e. The number of rotatable bonds is 17. The van der Waals surface area contributed by atoms with Gasteiger partial charge in [-0.15, -0.1) is 0 Å². The number of nitriles is 1. The van der Waals surface area contributed by atoms with E-state index in [2.05, 4.69) is 21.0 Å². The molecule has 2 N–H and O–H groups in total. The fourth-order valence-electron chi connectivity index (χ4n) is 8.04. The van der Waals surface area contributed by atoms with E-state index in [0.717, 1.165) is 16.7 Å². The molecule has 0 spiro atoms. The first-order chi connectivity index (χ1) is 28.3. The van der Waals surface area contributed by atoms with Crippen molar-refractivity contribution in [3.05, 3.63) is 128 Å². The van der Waals surface area contributed by atoms with E-state index in [1.54, 1.807) is 26.0 Å². The molecular formula is C43H53N6O9P. The lowest BCUT2D eigenvalue weighted by atomic mass is 9.79. The number of aryl methyl sites for hydroxylation is 1. The molecule has 1 aromatic heterocycles. The van der Waals surface area contributed by atoms with Crippen molar-refractivity contribution in [2.75, 3.05) is 41.0 Å². The van der Waals surface area contributed by atoms with Gasteiger partial charge in [0.05, 0.1) is 46.5 Å². The van der Waals surface area contributed by atoms with Crippen LogP contribution in [0, 0.1) is 18.3 Å². The Morgan fingerprint density at radius 2 is 1.56 bits per heavy atom. The number of aromatic nitrogens is 2. The van der Waals surface area contributed by atoms with E-state index in [9.17, 15) is 19.6 Å². The van der Waals surface area contributed by atoms with Gasteiger partial charge in [-0.25, -0.2) is 14.3 Å². The summed E-state index contributed by atoms with van der Waals surface area (Å²) in [6, 6.07) is 25.8. The van der Waals surface area contributed by atoms with Crippen LogP contribution in [-0.2, 0) is 24.1 Å². The summed E-state index contributed by atoms with van der Waals surface area (Å²) in [5.74, 6) is 1.32. The SMILES string of the molecule is CNC(=O)N1CC2(COC(c3ccccc3)(c3ccc(OC)cc3)c3ccc(OC)cc3)OC(n3cc(C)c(=O)[nH]c3=O)C1C2OP(OCCC#N)N(C(C)C)C(C)C. The molecule has 59 heavy (non-hydrogen) atoms. The van der Waals surface area contributed by atoms with Gasteiger partial charge in [-0.3, -0.25) is 14.3 Å². The number of H-pyrrole nitrogens is 1. The largest absolute Gasteiger partial charge is 0.497 e. The van der Waals surface area contributed by atoms with Gasteiger partial charge >= 0.3 is 11.7 Å². The van der Waals surface area contributed by atoms with Crippen LogP contribution < -0.4 is 26.0 Å². The molecule has 0 radical (unpaired) electrons. The second-order valence-corrected chi connectivity index (χ2v) is 16.5. The van der Waals surface area contributed by atoms with Gasteiger partial charge in [0, 0.05) is 30.9 Å². The van der Waals surface area contributed by atoms with Crippen LogP contribution in [0.3, 0.4) is 0 Å². The summed E-state index contributed by atoms with van der Waals surface area (Å²) in [4.78, 5) is 44.1. The average molecular weight is 829 g/mol. The Morgan fingerprint density at radius 3 is 2.08 bits per heavy atom. The molecule has 0 aliphatic carbocycles. The van der Waals surface area contributed by atoms with Gasteiger partial charge in [0.2, 0.25) is 0 Å². The number of ether oxygens (including phenoxy) is 4. The molecular weight excluding hydrogens is 775 g/mol. The lowest BCUT2D eigenvalue weighted by molar-refractivity contribution is -0.172. The number of hydrogen-bond acceptors (Lipinski definition) is 11. The highest BCUT2D eigenvalue weighted by molar-refractivity contribution is 7.44. The Kier molecular flexibility index (Phi) is 13.6. The first-order valence-corrected chi connectivity index (χ1v) is 20.7. The standard InChI is InChI=1S/C43H53N6O9P/c1-28(2)49(29(3)4)59(56-24-12-23-44)58-37-36-39(47-25-30(5)38(50)46-41(47)52)57-42(37,26-48(36)40(51)45-6)27-55-43(31-13-10-9-11-14-31,32-15-19-34(53-7)20-16-32)33-17-21-35(54-8)22-18-33/h9-11,13-22,25,28-29,36-37,39H,12,24,26-27H2,1-8H3,(H,45,51)(H,46,50,52). The maximum Gasteiger partial charge on any atom is 0.330 e. The van der Waals surface area contributed by atoms with Crippen molar-refractivity contribution in [3.63, 3.8) is 0 Å². The van der Waals surface area contributed by atoms with Crippen molar-refractivity contribution in [1.29, 1.82) is 5.26 Å². The summed E-state index contributed by atoms with van der Waals surface area (Å²) >= 11 is 0. The van der Waals surface area contributed by atoms with Crippen LogP contribution >= 0.6 is 8.53 Å². The van der Waals surface area contributed by atoms with Gasteiger partial charge in [-0.2, -0.15) is 5.26 Å². The zero-order valence-corrected chi connectivity index (χ0v) is 35.6. The minimum Gasteiger partial charge on any atom is -0.497 e. The average Bonchev–Trinajstić information content (AvgIpc) is 3.71. The number of aromatic amines is 1. The lowest BCUT2D eigenvalue weighted by Crippen LogP contribution is -2.54. The number of benzene rings is 3. The molecule has 5 atom stereocenters. The van der Waals surface area contributed by atoms with Crippen LogP contribution in [-0.4, -0.2) is 96.0 Å². The van der Waals surface area contributed by atoms with Gasteiger partial charge in [-0.05, 0) is 75.6 Å². The lowest BCUT2D eigenvalue weighted by Gasteiger charge is -2.42. The van der Waals surface area contributed by atoms with Crippen molar-refractivity contribution in [3.8, 4) is 17.6 Å². The third-order valence-electron chi connectivity index (χ3n) is 10.7. The molecule has 2 aliphatic rings. The van der Waals surface area contributed by atoms with E-state index < -0.39 is 55.4 Å². The maximum atomic E-state index is 13.9. The van der Waals surface area contributed by atoms with Gasteiger partial charge in [0.25, 0.3) is 14.1 Å². The molecule has 4 aromatic rings. The number of nitrogens with one attached hydrogen (secondary N) is 2. The quantitative estimate of drug-likeness (QED) is 0.0747.